The molecule has 0 aromatic rings. The van der Waals surface area contributed by atoms with E-state index in [4.69, 9.17) is 4.74 Å². The van der Waals surface area contributed by atoms with Gasteiger partial charge in [0.25, 0.3) is 17.9 Å². The highest BCUT2D eigenvalue weighted by molar-refractivity contribution is 6.19. The summed E-state index contributed by atoms with van der Waals surface area (Å²) in [6.07, 6.45) is -0.227. The van der Waals surface area contributed by atoms with E-state index in [1.54, 1.807) is 27.7 Å². The Morgan fingerprint density at radius 3 is 2.08 bits per heavy atom. The van der Waals surface area contributed by atoms with Crippen molar-refractivity contribution in [3.63, 3.8) is 0 Å². The van der Waals surface area contributed by atoms with Crippen LogP contribution in [0, 0.1) is 17.3 Å². The van der Waals surface area contributed by atoms with Crippen LogP contribution in [0.25, 0.3) is 0 Å². The first-order valence-corrected chi connectivity index (χ1v) is 7.94. The van der Waals surface area contributed by atoms with E-state index in [0.717, 1.165) is 11.0 Å². The number of amides is 2. The lowest BCUT2D eigenvalue weighted by Crippen LogP contribution is -2.35. The molecule has 132 valence electrons. The smallest absolute Gasteiger partial charge is 0.311 e. The summed E-state index contributed by atoms with van der Waals surface area (Å²) in [5, 5.41) is 0. The molecule has 1 saturated carbocycles. The molecule has 5 nitrogen and oxygen atoms in total. The molecular formula is C17H21F2NO4. The van der Waals surface area contributed by atoms with E-state index >= 15 is 0 Å². The number of carbonyl (C=O) groups excluding carboxylic acids is 3. The van der Waals surface area contributed by atoms with Crippen molar-refractivity contribution in [3.8, 4) is 0 Å². The molecule has 1 aliphatic carbocycles. The summed E-state index contributed by atoms with van der Waals surface area (Å²) in [6, 6.07) is 0. The zero-order valence-electron chi connectivity index (χ0n) is 14.2. The maximum atomic E-state index is 12.4. The summed E-state index contributed by atoms with van der Waals surface area (Å²) in [5.74, 6) is -2.88. The van der Waals surface area contributed by atoms with Gasteiger partial charge in [0.2, 0.25) is 0 Å². The van der Waals surface area contributed by atoms with Crippen molar-refractivity contribution in [3.05, 3.63) is 23.3 Å². The molecule has 2 amide bonds. The van der Waals surface area contributed by atoms with E-state index in [-0.39, 0.29) is 0 Å². The van der Waals surface area contributed by atoms with Gasteiger partial charge < -0.3 is 4.74 Å². The van der Waals surface area contributed by atoms with Gasteiger partial charge in [-0.25, -0.2) is 4.90 Å². The standard InChI is InChI=1S/C17H21F2NO4/c1-5-9-10(6-2)15(22)20(14(9)21)8-24-16(23)13-11(7-12(18)19)17(13,3)4/h7,11,13H,5-6,8H2,1-4H3. The van der Waals surface area contributed by atoms with Crippen molar-refractivity contribution in [1.82, 2.24) is 4.90 Å². The van der Waals surface area contributed by atoms with Crippen molar-refractivity contribution < 1.29 is 27.9 Å². The van der Waals surface area contributed by atoms with Crippen molar-refractivity contribution in [2.45, 2.75) is 40.5 Å². The summed E-state index contributed by atoms with van der Waals surface area (Å²) < 4.78 is 29.9. The molecule has 2 atom stereocenters. The van der Waals surface area contributed by atoms with Gasteiger partial charge in [-0.15, -0.1) is 0 Å². The highest BCUT2D eigenvalue weighted by Crippen LogP contribution is 2.60. The minimum atomic E-state index is -1.84. The fraction of sp³-hybridized carbons (Fsp3) is 0.588. The van der Waals surface area contributed by atoms with Gasteiger partial charge in [0.1, 0.15) is 0 Å². The van der Waals surface area contributed by atoms with Gasteiger partial charge in [-0.2, -0.15) is 8.78 Å². The lowest BCUT2D eigenvalue weighted by molar-refractivity contribution is -0.156. The lowest BCUT2D eigenvalue weighted by Gasteiger charge is -2.15. The summed E-state index contributed by atoms with van der Waals surface area (Å²) in [7, 11) is 0. The van der Waals surface area contributed by atoms with Crippen LogP contribution >= 0.6 is 0 Å². The molecule has 0 bridgehead atoms. The Bertz CT molecular complexity index is 621. The van der Waals surface area contributed by atoms with Crippen LogP contribution in [0.4, 0.5) is 8.78 Å². The largest absolute Gasteiger partial charge is 0.443 e. The van der Waals surface area contributed by atoms with Crippen molar-refractivity contribution >= 4 is 17.8 Å². The Balaban J connectivity index is 2.00. The van der Waals surface area contributed by atoms with Gasteiger partial charge in [0.15, 0.2) is 6.73 Å². The summed E-state index contributed by atoms with van der Waals surface area (Å²) in [5.41, 5.74) is 0.247. The van der Waals surface area contributed by atoms with Gasteiger partial charge in [0.05, 0.1) is 5.92 Å². The summed E-state index contributed by atoms with van der Waals surface area (Å²) in [4.78, 5) is 37.4. The average molecular weight is 341 g/mol. The van der Waals surface area contributed by atoms with Crippen LogP contribution in [0.15, 0.2) is 23.3 Å². The van der Waals surface area contributed by atoms with Crippen LogP contribution in [0.5, 0.6) is 0 Å². The SMILES string of the molecule is CCC1=C(CC)C(=O)N(COC(=O)C2C(C=C(F)F)C2(C)C)C1=O. The van der Waals surface area contributed by atoms with Crippen molar-refractivity contribution in [2.75, 3.05) is 6.73 Å². The van der Waals surface area contributed by atoms with E-state index in [1.165, 1.54) is 0 Å². The highest BCUT2D eigenvalue weighted by atomic mass is 19.3. The Kier molecular flexibility index (Phi) is 4.92. The number of esters is 1. The third kappa shape index (κ3) is 2.99. The third-order valence-corrected chi connectivity index (χ3v) is 4.88. The molecule has 0 radical (unpaired) electrons. The number of rotatable bonds is 6. The first-order valence-electron chi connectivity index (χ1n) is 7.94. The molecule has 0 saturated heterocycles. The molecule has 1 heterocycles. The number of ether oxygens (including phenoxy) is 1. The molecule has 1 aliphatic heterocycles. The number of imide groups is 1. The summed E-state index contributed by atoms with van der Waals surface area (Å²) in [6.45, 7) is 6.47. The minimum absolute atomic E-state index is 0.427. The maximum absolute atomic E-state index is 12.4. The number of hydrogen-bond donors (Lipinski definition) is 0. The molecule has 2 rings (SSSR count). The Morgan fingerprint density at radius 2 is 1.67 bits per heavy atom. The Labute approximate surface area is 139 Å². The van der Waals surface area contributed by atoms with Gasteiger partial charge in [-0.05, 0) is 24.3 Å². The van der Waals surface area contributed by atoms with Gasteiger partial charge in [-0.3, -0.25) is 14.4 Å². The Hall–Kier alpha value is -2.05. The zero-order valence-corrected chi connectivity index (χ0v) is 14.2. The van der Waals surface area contributed by atoms with Crippen LogP contribution in [0.2, 0.25) is 0 Å². The number of nitrogens with zero attached hydrogens (tertiary/aromatic N) is 1. The number of hydrogen-bond acceptors (Lipinski definition) is 4. The molecule has 1 fully saturated rings. The molecule has 2 unspecified atom stereocenters. The topological polar surface area (TPSA) is 63.7 Å². The van der Waals surface area contributed by atoms with E-state index in [1.807, 2.05) is 0 Å². The first-order chi connectivity index (χ1) is 11.2. The van der Waals surface area contributed by atoms with E-state index in [2.05, 4.69) is 0 Å². The lowest BCUT2D eigenvalue weighted by atomic mass is 10.1. The number of carbonyl (C=O) groups is 3. The van der Waals surface area contributed by atoms with Crippen LogP contribution in [0.1, 0.15) is 40.5 Å². The predicted molar refractivity (Wildman–Crippen MR) is 81.5 cm³/mol. The van der Waals surface area contributed by atoms with E-state index in [0.29, 0.717) is 24.0 Å². The minimum Gasteiger partial charge on any atom is -0.443 e. The van der Waals surface area contributed by atoms with Crippen molar-refractivity contribution in [1.29, 1.82) is 0 Å². The Morgan fingerprint density at radius 1 is 1.17 bits per heavy atom. The maximum Gasteiger partial charge on any atom is 0.311 e. The van der Waals surface area contributed by atoms with Gasteiger partial charge in [-0.1, -0.05) is 27.7 Å². The first kappa shape index (κ1) is 18.3. The normalized spacial score (nSPS) is 25.2. The third-order valence-electron chi connectivity index (χ3n) is 4.88. The van der Waals surface area contributed by atoms with Crippen LogP contribution < -0.4 is 0 Å². The molecule has 0 spiro atoms. The number of allylic oxidation sites excluding steroid dienone is 1. The fourth-order valence-electron chi connectivity index (χ4n) is 3.32. The highest BCUT2D eigenvalue weighted by Gasteiger charge is 2.62. The molecule has 24 heavy (non-hydrogen) atoms. The van der Waals surface area contributed by atoms with E-state index < -0.39 is 47.8 Å². The van der Waals surface area contributed by atoms with Crippen LogP contribution in [-0.2, 0) is 19.1 Å². The molecule has 0 aromatic heterocycles. The van der Waals surface area contributed by atoms with Crippen molar-refractivity contribution in [2.24, 2.45) is 17.3 Å². The second-order valence-corrected chi connectivity index (χ2v) is 6.58. The monoisotopic (exact) mass is 341 g/mol. The molecule has 0 N–H and O–H groups in total. The average Bonchev–Trinajstić information content (AvgIpc) is 2.93. The number of halogens is 2. The molecule has 0 aromatic carbocycles. The van der Waals surface area contributed by atoms with Crippen LogP contribution in [-0.4, -0.2) is 29.4 Å². The second-order valence-electron chi connectivity index (χ2n) is 6.58. The second kappa shape index (κ2) is 6.45. The predicted octanol–water partition coefficient (Wildman–Crippen LogP) is 3.03. The fourth-order valence-corrected chi connectivity index (χ4v) is 3.32. The molecule has 2 aliphatic rings. The zero-order chi connectivity index (χ0) is 18.2. The summed E-state index contributed by atoms with van der Waals surface area (Å²) >= 11 is 0. The van der Waals surface area contributed by atoms with E-state index in [9.17, 15) is 23.2 Å². The van der Waals surface area contributed by atoms with Gasteiger partial charge in [0, 0.05) is 17.1 Å². The quantitative estimate of drug-likeness (QED) is 0.550. The molecular weight excluding hydrogens is 320 g/mol. The van der Waals surface area contributed by atoms with Gasteiger partial charge >= 0.3 is 5.97 Å². The van der Waals surface area contributed by atoms with Crippen LogP contribution in [0.3, 0.4) is 0 Å². The molecule has 7 heteroatoms.